The molecule has 0 radical (unpaired) electrons. The van der Waals surface area contributed by atoms with Crippen molar-refractivity contribution in [1.29, 1.82) is 0 Å². The van der Waals surface area contributed by atoms with Crippen LogP contribution in [0.4, 0.5) is 8.78 Å². The summed E-state index contributed by atoms with van der Waals surface area (Å²) in [5.74, 6) is -1.20. The first-order valence-corrected chi connectivity index (χ1v) is 7.45. The summed E-state index contributed by atoms with van der Waals surface area (Å²) in [6.45, 7) is 4.31. The molecule has 110 valence electrons. The van der Waals surface area contributed by atoms with Gasteiger partial charge in [0.25, 0.3) is 0 Å². The molecule has 2 bridgehead atoms. The van der Waals surface area contributed by atoms with Crippen molar-refractivity contribution >= 4 is 0 Å². The smallest absolute Gasteiger partial charge is 0.163 e. The number of halogens is 2. The highest BCUT2D eigenvalue weighted by molar-refractivity contribution is 5.29. The standard InChI is InChI=1S/C16H21F2NO/c1-3-19-16(12-8-10-5-7-13(12)20-10)11-6-4-9(2)14(17)15(11)18/h4,6,10,12-13,16,19H,3,5,7-8H2,1-2H3. The molecule has 0 aromatic heterocycles. The Bertz CT molecular complexity index is 505. The molecule has 2 heterocycles. The molecule has 0 spiro atoms. The van der Waals surface area contributed by atoms with E-state index in [4.69, 9.17) is 4.74 Å². The second kappa shape index (κ2) is 5.41. The Balaban J connectivity index is 1.93. The van der Waals surface area contributed by atoms with Gasteiger partial charge in [-0.05, 0) is 38.3 Å². The van der Waals surface area contributed by atoms with Gasteiger partial charge in [-0.2, -0.15) is 0 Å². The monoisotopic (exact) mass is 281 g/mol. The molecule has 4 atom stereocenters. The Morgan fingerprint density at radius 3 is 2.70 bits per heavy atom. The Labute approximate surface area is 118 Å². The molecule has 1 aromatic carbocycles. The van der Waals surface area contributed by atoms with Gasteiger partial charge < -0.3 is 10.1 Å². The molecule has 2 saturated heterocycles. The lowest BCUT2D eigenvalue weighted by molar-refractivity contribution is 0.0854. The summed E-state index contributed by atoms with van der Waals surface area (Å²) >= 11 is 0. The second-order valence-corrected chi connectivity index (χ2v) is 5.91. The van der Waals surface area contributed by atoms with Gasteiger partial charge in [-0.1, -0.05) is 19.1 Å². The van der Waals surface area contributed by atoms with E-state index in [1.807, 2.05) is 6.92 Å². The molecule has 2 nitrogen and oxygen atoms in total. The van der Waals surface area contributed by atoms with Crippen LogP contribution in [-0.2, 0) is 4.74 Å². The maximum absolute atomic E-state index is 14.3. The van der Waals surface area contributed by atoms with Crippen molar-refractivity contribution in [2.45, 2.75) is 51.4 Å². The molecule has 2 aliphatic rings. The number of hydrogen-bond donors (Lipinski definition) is 1. The number of aryl methyl sites for hydroxylation is 1. The number of rotatable bonds is 4. The zero-order valence-corrected chi connectivity index (χ0v) is 12.0. The van der Waals surface area contributed by atoms with Crippen LogP contribution in [0.2, 0.25) is 0 Å². The van der Waals surface area contributed by atoms with Crippen LogP contribution >= 0.6 is 0 Å². The van der Waals surface area contributed by atoms with E-state index in [2.05, 4.69) is 5.32 Å². The third-order valence-corrected chi connectivity index (χ3v) is 4.65. The van der Waals surface area contributed by atoms with Gasteiger partial charge >= 0.3 is 0 Å². The topological polar surface area (TPSA) is 21.3 Å². The van der Waals surface area contributed by atoms with Crippen molar-refractivity contribution in [1.82, 2.24) is 5.32 Å². The minimum atomic E-state index is -0.727. The van der Waals surface area contributed by atoms with E-state index in [0.29, 0.717) is 17.2 Å². The van der Waals surface area contributed by atoms with Gasteiger partial charge in [0.05, 0.1) is 12.2 Å². The molecular formula is C16H21F2NO. The molecule has 1 N–H and O–H groups in total. The average molecular weight is 281 g/mol. The van der Waals surface area contributed by atoms with Crippen molar-refractivity contribution in [3.8, 4) is 0 Å². The SMILES string of the molecule is CCNC(c1ccc(C)c(F)c1F)C1CC2CCC1O2. The number of nitrogens with one attached hydrogen (secondary N) is 1. The number of fused-ring (bicyclic) bond motifs is 2. The zero-order valence-electron chi connectivity index (χ0n) is 12.0. The maximum atomic E-state index is 14.3. The molecule has 4 unspecified atom stereocenters. The lowest BCUT2D eigenvalue weighted by Crippen LogP contribution is -2.34. The van der Waals surface area contributed by atoms with Gasteiger partial charge in [0, 0.05) is 17.5 Å². The van der Waals surface area contributed by atoms with Crippen LogP contribution < -0.4 is 5.32 Å². The summed E-state index contributed by atoms with van der Waals surface area (Å²) in [6.07, 6.45) is 3.58. The average Bonchev–Trinajstić information content (AvgIpc) is 3.06. The van der Waals surface area contributed by atoms with E-state index in [-0.39, 0.29) is 18.1 Å². The summed E-state index contributed by atoms with van der Waals surface area (Å²) in [5.41, 5.74) is 0.793. The van der Waals surface area contributed by atoms with Crippen LogP contribution in [0, 0.1) is 24.5 Å². The first kappa shape index (κ1) is 14.0. The molecule has 4 heteroatoms. The number of hydrogen-bond acceptors (Lipinski definition) is 2. The molecular weight excluding hydrogens is 260 g/mol. The van der Waals surface area contributed by atoms with Crippen LogP contribution in [0.5, 0.6) is 0 Å². The number of benzene rings is 1. The molecule has 0 saturated carbocycles. The Morgan fingerprint density at radius 2 is 2.10 bits per heavy atom. The third-order valence-electron chi connectivity index (χ3n) is 4.65. The van der Waals surface area contributed by atoms with Crippen LogP contribution in [0.15, 0.2) is 12.1 Å². The lowest BCUT2D eigenvalue weighted by atomic mass is 9.80. The molecule has 20 heavy (non-hydrogen) atoms. The Hall–Kier alpha value is -1.00. The summed E-state index contributed by atoms with van der Waals surface area (Å²) in [5, 5.41) is 3.33. The van der Waals surface area contributed by atoms with Gasteiger partial charge in [0.15, 0.2) is 11.6 Å². The zero-order chi connectivity index (χ0) is 14.3. The summed E-state index contributed by atoms with van der Waals surface area (Å²) in [6, 6.07) is 3.21. The van der Waals surface area contributed by atoms with Crippen LogP contribution in [0.1, 0.15) is 43.4 Å². The summed E-state index contributed by atoms with van der Waals surface area (Å²) < 4.78 is 34.0. The largest absolute Gasteiger partial charge is 0.375 e. The van der Waals surface area contributed by atoms with E-state index in [0.717, 1.165) is 25.8 Å². The minimum absolute atomic E-state index is 0.162. The quantitative estimate of drug-likeness (QED) is 0.912. The van der Waals surface area contributed by atoms with E-state index >= 15 is 0 Å². The van der Waals surface area contributed by atoms with Gasteiger partial charge in [0.1, 0.15) is 0 Å². The first-order chi connectivity index (χ1) is 9.61. The fraction of sp³-hybridized carbons (Fsp3) is 0.625. The van der Waals surface area contributed by atoms with Crippen LogP contribution in [-0.4, -0.2) is 18.8 Å². The molecule has 2 aliphatic heterocycles. The van der Waals surface area contributed by atoms with E-state index in [1.165, 1.54) is 0 Å². The summed E-state index contributed by atoms with van der Waals surface area (Å²) in [7, 11) is 0. The molecule has 0 amide bonds. The van der Waals surface area contributed by atoms with Crippen molar-refractivity contribution in [3.05, 3.63) is 34.9 Å². The maximum Gasteiger partial charge on any atom is 0.163 e. The molecule has 3 rings (SSSR count). The first-order valence-electron chi connectivity index (χ1n) is 7.45. The predicted octanol–water partition coefficient (Wildman–Crippen LogP) is 3.49. The number of ether oxygens (including phenoxy) is 1. The van der Waals surface area contributed by atoms with Gasteiger partial charge in [0.2, 0.25) is 0 Å². The van der Waals surface area contributed by atoms with Crippen LogP contribution in [0.25, 0.3) is 0 Å². The van der Waals surface area contributed by atoms with E-state index in [1.54, 1.807) is 19.1 Å². The minimum Gasteiger partial charge on any atom is -0.375 e. The predicted molar refractivity (Wildman–Crippen MR) is 73.5 cm³/mol. The van der Waals surface area contributed by atoms with E-state index < -0.39 is 11.6 Å². The second-order valence-electron chi connectivity index (χ2n) is 5.91. The third kappa shape index (κ3) is 2.25. The lowest BCUT2D eigenvalue weighted by Gasteiger charge is -2.30. The fourth-order valence-electron chi connectivity index (χ4n) is 3.64. The van der Waals surface area contributed by atoms with E-state index in [9.17, 15) is 8.78 Å². The van der Waals surface area contributed by atoms with Crippen molar-refractivity contribution in [2.24, 2.45) is 5.92 Å². The highest BCUT2D eigenvalue weighted by Gasteiger charge is 2.45. The molecule has 0 aliphatic carbocycles. The van der Waals surface area contributed by atoms with Crippen molar-refractivity contribution < 1.29 is 13.5 Å². The van der Waals surface area contributed by atoms with Gasteiger partial charge in [-0.15, -0.1) is 0 Å². The van der Waals surface area contributed by atoms with Crippen molar-refractivity contribution in [3.63, 3.8) is 0 Å². The highest BCUT2D eigenvalue weighted by atomic mass is 19.2. The van der Waals surface area contributed by atoms with Gasteiger partial charge in [-0.25, -0.2) is 8.78 Å². The normalized spacial score (nSPS) is 29.9. The fourth-order valence-corrected chi connectivity index (χ4v) is 3.64. The molecule has 1 aromatic rings. The highest BCUT2D eigenvalue weighted by Crippen LogP contribution is 2.45. The van der Waals surface area contributed by atoms with Crippen molar-refractivity contribution in [2.75, 3.05) is 6.54 Å². The van der Waals surface area contributed by atoms with Crippen LogP contribution in [0.3, 0.4) is 0 Å². The molecule has 2 fully saturated rings. The Morgan fingerprint density at radius 1 is 1.30 bits per heavy atom. The Kier molecular flexibility index (Phi) is 3.78. The summed E-state index contributed by atoms with van der Waals surface area (Å²) in [4.78, 5) is 0. The van der Waals surface area contributed by atoms with Gasteiger partial charge in [-0.3, -0.25) is 0 Å².